The van der Waals surface area contributed by atoms with Crippen molar-refractivity contribution in [1.82, 2.24) is 0 Å². The Bertz CT molecular complexity index is 511. The highest BCUT2D eigenvalue weighted by Crippen LogP contribution is 2.35. The average molecular weight is 270 g/mol. The van der Waals surface area contributed by atoms with Gasteiger partial charge in [-0.25, -0.2) is 0 Å². The fourth-order valence-electron chi connectivity index (χ4n) is 2.78. The van der Waals surface area contributed by atoms with Gasteiger partial charge in [-0.1, -0.05) is 62.4 Å². The number of benzene rings is 2. The molecule has 0 aliphatic rings. The van der Waals surface area contributed by atoms with E-state index in [0.29, 0.717) is 0 Å². The van der Waals surface area contributed by atoms with Crippen molar-refractivity contribution >= 4 is 0 Å². The van der Waals surface area contributed by atoms with Crippen LogP contribution in [-0.4, -0.2) is 10.2 Å². The molecular formula is C18H22O2. The van der Waals surface area contributed by atoms with Gasteiger partial charge in [0.15, 0.2) is 0 Å². The Morgan fingerprint density at radius 3 is 1.40 bits per heavy atom. The summed E-state index contributed by atoms with van der Waals surface area (Å²) in [5.74, 6) is 0.567. The molecule has 2 nitrogen and oxygen atoms in total. The van der Waals surface area contributed by atoms with Crippen molar-refractivity contribution in [3.63, 3.8) is 0 Å². The lowest BCUT2D eigenvalue weighted by Crippen LogP contribution is -2.09. The predicted octanol–water partition coefficient (Wildman–Crippen LogP) is 3.58. The van der Waals surface area contributed by atoms with E-state index < -0.39 is 0 Å². The van der Waals surface area contributed by atoms with Crippen molar-refractivity contribution in [2.75, 3.05) is 0 Å². The van der Waals surface area contributed by atoms with Gasteiger partial charge in [-0.2, -0.15) is 0 Å². The van der Waals surface area contributed by atoms with Crippen LogP contribution < -0.4 is 0 Å². The molecule has 0 aliphatic heterocycles. The molecule has 0 fully saturated rings. The average Bonchev–Trinajstić information content (AvgIpc) is 2.53. The minimum absolute atomic E-state index is 0.0644. The summed E-state index contributed by atoms with van der Waals surface area (Å²) in [6, 6.07) is 16.0. The molecule has 2 rings (SSSR count). The van der Waals surface area contributed by atoms with Crippen LogP contribution in [0.1, 0.15) is 47.9 Å². The van der Waals surface area contributed by atoms with E-state index in [1.54, 1.807) is 0 Å². The van der Waals surface area contributed by atoms with Crippen LogP contribution in [0.25, 0.3) is 0 Å². The number of aliphatic hydroxyl groups is 2. The fourth-order valence-corrected chi connectivity index (χ4v) is 2.78. The molecule has 0 saturated carbocycles. The third kappa shape index (κ3) is 2.92. The molecule has 2 aromatic carbocycles. The van der Waals surface area contributed by atoms with E-state index in [-0.39, 0.29) is 25.0 Å². The van der Waals surface area contributed by atoms with Gasteiger partial charge in [-0.15, -0.1) is 0 Å². The molecule has 0 amide bonds. The van der Waals surface area contributed by atoms with Crippen LogP contribution in [-0.2, 0) is 13.2 Å². The third-order valence-corrected chi connectivity index (χ3v) is 4.18. The molecule has 0 spiro atoms. The molecule has 2 atom stereocenters. The SMILES string of the molecule is CC(c1ccccc1CO)C(C)c1ccccc1CO. The highest BCUT2D eigenvalue weighted by molar-refractivity contribution is 5.36. The second-order valence-corrected chi connectivity index (χ2v) is 5.29. The maximum absolute atomic E-state index is 9.48. The van der Waals surface area contributed by atoms with Gasteiger partial charge in [0.1, 0.15) is 0 Å². The van der Waals surface area contributed by atoms with Crippen molar-refractivity contribution in [3.8, 4) is 0 Å². The van der Waals surface area contributed by atoms with Gasteiger partial charge in [-0.3, -0.25) is 0 Å². The van der Waals surface area contributed by atoms with Crippen LogP contribution >= 0.6 is 0 Å². The summed E-state index contributed by atoms with van der Waals surface area (Å²) in [5.41, 5.74) is 4.31. The third-order valence-electron chi connectivity index (χ3n) is 4.18. The van der Waals surface area contributed by atoms with Gasteiger partial charge in [0.2, 0.25) is 0 Å². The molecule has 0 saturated heterocycles. The van der Waals surface area contributed by atoms with Crippen LogP contribution in [0.15, 0.2) is 48.5 Å². The van der Waals surface area contributed by atoms with Crippen molar-refractivity contribution in [1.29, 1.82) is 0 Å². The molecule has 2 heteroatoms. The Hall–Kier alpha value is -1.64. The Balaban J connectivity index is 2.35. The maximum Gasteiger partial charge on any atom is 0.0684 e. The van der Waals surface area contributed by atoms with E-state index >= 15 is 0 Å². The van der Waals surface area contributed by atoms with Crippen molar-refractivity contribution < 1.29 is 10.2 Å². The van der Waals surface area contributed by atoms with Crippen LogP contribution in [0.5, 0.6) is 0 Å². The van der Waals surface area contributed by atoms with Gasteiger partial charge in [-0.05, 0) is 34.1 Å². The fraction of sp³-hybridized carbons (Fsp3) is 0.333. The van der Waals surface area contributed by atoms with Crippen molar-refractivity contribution in [2.24, 2.45) is 0 Å². The molecule has 0 bridgehead atoms. The van der Waals surface area contributed by atoms with Gasteiger partial charge in [0, 0.05) is 0 Å². The maximum atomic E-state index is 9.48. The number of hydrogen-bond donors (Lipinski definition) is 2. The standard InChI is InChI=1S/C18H22O2/c1-13(17-9-5-3-7-15(17)11-19)14(2)18-10-6-4-8-16(18)12-20/h3-10,13-14,19-20H,11-12H2,1-2H3. The first-order chi connectivity index (χ1) is 9.69. The van der Waals surface area contributed by atoms with Crippen molar-refractivity contribution in [2.45, 2.75) is 38.9 Å². The van der Waals surface area contributed by atoms with E-state index in [1.165, 1.54) is 11.1 Å². The molecule has 2 unspecified atom stereocenters. The Morgan fingerprint density at radius 2 is 1.05 bits per heavy atom. The molecule has 106 valence electrons. The molecule has 0 radical (unpaired) electrons. The van der Waals surface area contributed by atoms with Gasteiger partial charge in [0.05, 0.1) is 13.2 Å². The van der Waals surface area contributed by atoms with Gasteiger partial charge >= 0.3 is 0 Å². The number of hydrogen-bond acceptors (Lipinski definition) is 2. The van der Waals surface area contributed by atoms with Gasteiger partial charge < -0.3 is 10.2 Å². The zero-order valence-corrected chi connectivity index (χ0v) is 12.1. The summed E-state index contributed by atoms with van der Waals surface area (Å²) < 4.78 is 0. The van der Waals surface area contributed by atoms with Crippen LogP contribution in [0.4, 0.5) is 0 Å². The van der Waals surface area contributed by atoms with Gasteiger partial charge in [0.25, 0.3) is 0 Å². The molecule has 2 aromatic rings. The minimum Gasteiger partial charge on any atom is -0.392 e. The molecule has 0 aromatic heterocycles. The normalized spacial score (nSPS) is 14.0. The smallest absolute Gasteiger partial charge is 0.0684 e. The molecular weight excluding hydrogens is 248 g/mol. The summed E-state index contributed by atoms with van der Waals surface area (Å²) >= 11 is 0. The summed E-state index contributed by atoms with van der Waals surface area (Å²) in [7, 11) is 0. The number of rotatable bonds is 5. The minimum atomic E-state index is 0.0644. The van der Waals surface area contributed by atoms with E-state index in [4.69, 9.17) is 0 Å². The van der Waals surface area contributed by atoms with Crippen molar-refractivity contribution in [3.05, 3.63) is 70.8 Å². The molecule has 2 N–H and O–H groups in total. The molecule has 20 heavy (non-hydrogen) atoms. The number of aliphatic hydroxyl groups excluding tert-OH is 2. The van der Waals surface area contributed by atoms with E-state index in [0.717, 1.165) is 11.1 Å². The van der Waals surface area contributed by atoms with Crippen LogP contribution in [0.2, 0.25) is 0 Å². The lowest BCUT2D eigenvalue weighted by atomic mass is 9.80. The zero-order valence-electron chi connectivity index (χ0n) is 12.1. The van der Waals surface area contributed by atoms with E-state index in [2.05, 4.69) is 26.0 Å². The van der Waals surface area contributed by atoms with E-state index in [9.17, 15) is 10.2 Å². The summed E-state index contributed by atoms with van der Waals surface area (Å²) in [5, 5.41) is 19.0. The van der Waals surface area contributed by atoms with E-state index in [1.807, 2.05) is 36.4 Å². The second kappa shape index (κ2) is 6.69. The first kappa shape index (κ1) is 14.8. The summed E-state index contributed by atoms with van der Waals surface area (Å²) in [6.45, 7) is 4.48. The predicted molar refractivity (Wildman–Crippen MR) is 81.6 cm³/mol. The van der Waals surface area contributed by atoms with Crippen LogP contribution in [0.3, 0.4) is 0 Å². The second-order valence-electron chi connectivity index (χ2n) is 5.29. The largest absolute Gasteiger partial charge is 0.392 e. The first-order valence-corrected chi connectivity index (χ1v) is 7.06. The quantitative estimate of drug-likeness (QED) is 0.872. The Kier molecular flexibility index (Phi) is 4.94. The highest BCUT2D eigenvalue weighted by atomic mass is 16.3. The topological polar surface area (TPSA) is 40.5 Å². The lowest BCUT2D eigenvalue weighted by Gasteiger charge is -2.24. The zero-order chi connectivity index (χ0) is 14.5. The highest BCUT2D eigenvalue weighted by Gasteiger charge is 2.20. The monoisotopic (exact) mass is 270 g/mol. The summed E-state index contributed by atoms with van der Waals surface area (Å²) in [4.78, 5) is 0. The Labute approximate surface area is 120 Å². The molecule has 0 heterocycles. The lowest BCUT2D eigenvalue weighted by molar-refractivity contribution is 0.277. The van der Waals surface area contributed by atoms with Crippen LogP contribution in [0, 0.1) is 0 Å². The molecule has 0 aliphatic carbocycles. The first-order valence-electron chi connectivity index (χ1n) is 7.06. The Morgan fingerprint density at radius 1 is 0.700 bits per heavy atom. The summed E-state index contributed by atoms with van der Waals surface area (Å²) in [6.07, 6.45) is 0.